The molecule has 0 amide bonds. The van der Waals surface area contributed by atoms with Gasteiger partial charge in [-0.05, 0) is 13.0 Å². The van der Waals surface area contributed by atoms with Crippen molar-refractivity contribution in [1.29, 1.82) is 0 Å². The fourth-order valence-electron chi connectivity index (χ4n) is 0.144. The Hall–Kier alpha value is 0.177. The molecule has 0 saturated heterocycles. The molecule has 0 radical (unpaired) electrons. The molecule has 0 atom stereocenters. The lowest BCUT2D eigenvalue weighted by atomic mass is 10.5. The Labute approximate surface area is 36.0 Å². The van der Waals surface area contributed by atoms with Crippen molar-refractivity contribution in [3.8, 4) is 0 Å². The monoisotopic (exact) mass is 88.1 g/mol. The van der Waals surface area contributed by atoms with E-state index in [2.05, 4.69) is 0 Å². The summed E-state index contributed by atoms with van der Waals surface area (Å²) < 4.78 is 0. The lowest BCUT2D eigenvalue weighted by Gasteiger charge is -1.74. The fraction of sp³-hybridized carbons (Fsp3) is 1.00. The smallest absolute Gasteiger partial charge is 0.283 e. The SMILES string of the molecule is NCCC[SiH2+]. The first-order valence-corrected chi connectivity index (χ1v) is 2.91. The van der Waals surface area contributed by atoms with Gasteiger partial charge in [-0.1, -0.05) is 0 Å². The molecule has 0 aromatic rings. The molecule has 1 nitrogen and oxygen atoms in total. The topological polar surface area (TPSA) is 26.0 Å². The van der Waals surface area contributed by atoms with Gasteiger partial charge in [-0.25, -0.2) is 0 Å². The van der Waals surface area contributed by atoms with Crippen molar-refractivity contribution < 1.29 is 0 Å². The summed E-state index contributed by atoms with van der Waals surface area (Å²) >= 11 is 0. The number of rotatable bonds is 2. The summed E-state index contributed by atoms with van der Waals surface area (Å²) in [6.07, 6.45) is 1.18. The maximum absolute atomic E-state index is 5.14. The van der Waals surface area contributed by atoms with Crippen LogP contribution in [-0.4, -0.2) is 16.8 Å². The Morgan fingerprint density at radius 1 is 1.60 bits per heavy atom. The molecule has 0 bridgehead atoms. The first-order valence-electron chi connectivity index (χ1n) is 1.91. The summed E-state index contributed by atoms with van der Waals surface area (Å²) in [5, 5.41) is 0. The average Bonchev–Trinajstić information content (AvgIpc) is 1.41. The van der Waals surface area contributed by atoms with Gasteiger partial charge in [-0.3, -0.25) is 0 Å². The third-order valence-electron chi connectivity index (χ3n) is 0.454. The predicted octanol–water partition coefficient (Wildman–Crippen LogP) is -0.613. The highest BCUT2D eigenvalue weighted by molar-refractivity contribution is 6.08. The quantitative estimate of drug-likeness (QED) is 0.448. The molecule has 0 unspecified atom stereocenters. The van der Waals surface area contributed by atoms with Crippen LogP contribution < -0.4 is 5.73 Å². The lowest BCUT2D eigenvalue weighted by molar-refractivity contribution is 0.930. The average molecular weight is 88.2 g/mol. The molecule has 0 aliphatic rings. The van der Waals surface area contributed by atoms with Gasteiger partial charge in [0.1, 0.15) is 0 Å². The van der Waals surface area contributed by atoms with Crippen LogP contribution in [0.2, 0.25) is 6.04 Å². The number of hydrogen-bond donors (Lipinski definition) is 1. The Kier molecular flexibility index (Phi) is 4.32. The van der Waals surface area contributed by atoms with Crippen molar-refractivity contribution in [2.45, 2.75) is 12.5 Å². The van der Waals surface area contributed by atoms with E-state index in [4.69, 9.17) is 5.73 Å². The van der Waals surface area contributed by atoms with Crippen LogP contribution in [0.25, 0.3) is 0 Å². The van der Waals surface area contributed by atoms with Gasteiger partial charge in [-0.2, -0.15) is 0 Å². The normalized spacial score (nSPS) is 8.20. The molecule has 2 heteroatoms. The van der Waals surface area contributed by atoms with E-state index < -0.39 is 0 Å². The summed E-state index contributed by atoms with van der Waals surface area (Å²) in [6.45, 7) is 0.851. The van der Waals surface area contributed by atoms with Crippen LogP contribution in [0, 0.1) is 0 Å². The van der Waals surface area contributed by atoms with Crippen LogP contribution in [-0.2, 0) is 0 Å². The molecule has 0 spiro atoms. The minimum Gasteiger partial charge on any atom is -0.330 e. The Balaban J connectivity index is 2.19. The second-order valence-corrected chi connectivity index (χ2v) is 1.70. The van der Waals surface area contributed by atoms with Crippen LogP contribution in [0.15, 0.2) is 0 Å². The minimum atomic E-state index is 0.851. The molecule has 5 heavy (non-hydrogen) atoms. The van der Waals surface area contributed by atoms with E-state index in [0.29, 0.717) is 0 Å². The molecular weight excluding hydrogens is 78.1 g/mol. The molecule has 0 aromatic carbocycles. The zero-order valence-electron chi connectivity index (χ0n) is 3.41. The molecule has 0 rings (SSSR count). The van der Waals surface area contributed by atoms with E-state index in [0.717, 1.165) is 6.54 Å². The standard InChI is InChI=1S/C3H10NSi/c4-2-1-3-5/h1-5H2/q+1. The maximum atomic E-state index is 5.14. The molecule has 0 aliphatic heterocycles. The van der Waals surface area contributed by atoms with Crippen LogP contribution in [0.5, 0.6) is 0 Å². The van der Waals surface area contributed by atoms with Gasteiger partial charge in [0.15, 0.2) is 0 Å². The van der Waals surface area contributed by atoms with E-state index in [1.165, 1.54) is 12.5 Å². The summed E-state index contributed by atoms with van der Waals surface area (Å²) in [5.41, 5.74) is 5.14. The van der Waals surface area contributed by atoms with E-state index >= 15 is 0 Å². The van der Waals surface area contributed by atoms with Crippen LogP contribution in [0.3, 0.4) is 0 Å². The highest BCUT2D eigenvalue weighted by atomic mass is 28.1. The Morgan fingerprint density at radius 3 is 2.20 bits per heavy atom. The molecule has 30 valence electrons. The van der Waals surface area contributed by atoms with Crippen molar-refractivity contribution in [3.05, 3.63) is 0 Å². The fourth-order valence-corrected chi connectivity index (χ4v) is 0.433. The second kappa shape index (κ2) is 4.18. The summed E-state index contributed by atoms with van der Waals surface area (Å²) in [6, 6.07) is 1.25. The minimum absolute atomic E-state index is 0.851. The van der Waals surface area contributed by atoms with Crippen molar-refractivity contribution in [3.63, 3.8) is 0 Å². The van der Waals surface area contributed by atoms with Gasteiger partial charge in [0.2, 0.25) is 0 Å². The third-order valence-corrected chi connectivity index (χ3v) is 0.954. The van der Waals surface area contributed by atoms with Crippen LogP contribution in [0.1, 0.15) is 6.42 Å². The van der Waals surface area contributed by atoms with Crippen molar-refractivity contribution >= 4 is 10.2 Å². The second-order valence-electron chi connectivity index (χ2n) is 0.996. The van der Waals surface area contributed by atoms with Crippen molar-refractivity contribution in [1.82, 2.24) is 0 Å². The third kappa shape index (κ3) is 4.18. The number of nitrogens with two attached hydrogens (primary N) is 1. The Morgan fingerprint density at radius 2 is 2.20 bits per heavy atom. The van der Waals surface area contributed by atoms with E-state index in [1.807, 2.05) is 10.2 Å². The van der Waals surface area contributed by atoms with Crippen LogP contribution in [0.4, 0.5) is 0 Å². The first kappa shape index (κ1) is 5.18. The van der Waals surface area contributed by atoms with Gasteiger partial charge in [0.05, 0.1) is 6.04 Å². The maximum Gasteiger partial charge on any atom is 0.283 e. The van der Waals surface area contributed by atoms with E-state index in [9.17, 15) is 0 Å². The highest BCUT2D eigenvalue weighted by Crippen LogP contribution is 1.74. The van der Waals surface area contributed by atoms with Crippen molar-refractivity contribution in [2.24, 2.45) is 5.73 Å². The molecule has 2 N–H and O–H groups in total. The largest absolute Gasteiger partial charge is 0.330 e. The van der Waals surface area contributed by atoms with Gasteiger partial charge in [0.25, 0.3) is 10.2 Å². The summed E-state index contributed by atoms with van der Waals surface area (Å²) in [7, 11) is 1.97. The molecule has 0 fully saturated rings. The Bertz CT molecular complexity index is 14.4. The lowest BCUT2D eigenvalue weighted by Crippen LogP contribution is -1.96. The molecule has 0 aromatic heterocycles. The molecule has 0 aliphatic carbocycles. The van der Waals surface area contributed by atoms with Crippen molar-refractivity contribution in [2.75, 3.05) is 6.54 Å². The molecule has 0 saturated carbocycles. The highest BCUT2D eigenvalue weighted by Gasteiger charge is 1.76. The van der Waals surface area contributed by atoms with Gasteiger partial charge in [-0.15, -0.1) is 0 Å². The van der Waals surface area contributed by atoms with Crippen LogP contribution >= 0.6 is 0 Å². The van der Waals surface area contributed by atoms with Gasteiger partial charge in [0, 0.05) is 0 Å². The molecule has 0 heterocycles. The summed E-state index contributed by atoms with van der Waals surface area (Å²) in [4.78, 5) is 0. The summed E-state index contributed by atoms with van der Waals surface area (Å²) in [5.74, 6) is 0. The first-order chi connectivity index (χ1) is 2.41. The predicted molar refractivity (Wildman–Crippen MR) is 27.0 cm³/mol. The molecular formula is C3H10NSi+. The van der Waals surface area contributed by atoms with E-state index in [-0.39, 0.29) is 0 Å². The zero-order valence-corrected chi connectivity index (χ0v) is 4.82. The zero-order chi connectivity index (χ0) is 4.12. The van der Waals surface area contributed by atoms with E-state index in [1.54, 1.807) is 0 Å². The number of hydrogen-bond acceptors (Lipinski definition) is 1. The van der Waals surface area contributed by atoms with Gasteiger partial charge < -0.3 is 5.73 Å². The van der Waals surface area contributed by atoms with Gasteiger partial charge >= 0.3 is 0 Å².